The van der Waals surface area contributed by atoms with Gasteiger partial charge >= 0.3 is 0 Å². The summed E-state index contributed by atoms with van der Waals surface area (Å²) in [7, 11) is 1.48. The first-order valence-corrected chi connectivity index (χ1v) is 12.0. The molecule has 1 atom stereocenters. The molecule has 2 aromatic rings. The number of methoxy groups -OCH3 is 1. The van der Waals surface area contributed by atoms with Crippen LogP contribution in [0.2, 0.25) is 0 Å². The van der Waals surface area contributed by atoms with Gasteiger partial charge < -0.3 is 9.30 Å². The van der Waals surface area contributed by atoms with Crippen molar-refractivity contribution < 1.29 is 18.8 Å². The molecule has 190 valence electrons. The number of hydrazine groups is 1. The van der Waals surface area contributed by atoms with Gasteiger partial charge in [-0.05, 0) is 44.6 Å². The Bertz CT molecular complexity index is 1210. The van der Waals surface area contributed by atoms with Gasteiger partial charge in [0.1, 0.15) is 11.6 Å². The number of rotatable bonds is 7. The number of pyridine rings is 1. The monoisotopic (exact) mass is 508 g/mol. The van der Waals surface area contributed by atoms with Gasteiger partial charge in [0.05, 0.1) is 23.6 Å². The molecule has 2 aliphatic heterocycles. The molecule has 9 nitrogen and oxygen atoms in total. The fourth-order valence-corrected chi connectivity index (χ4v) is 5.53. The van der Waals surface area contributed by atoms with Gasteiger partial charge in [-0.2, -0.15) is 0 Å². The van der Waals surface area contributed by atoms with Gasteiger partial charge in [-0.25, -0.2) is 14.4 Å². The quantitative estimate of drug-likeness (QED) is 0.320. The molecular formula is C24H30ClFN4O5. The van der Waals surface area contributed by atoms with Crippen LogP contribution in [0.1, 0.15) is 66.4 Å². The van der Waals surface area contributed by atoms with Crippen molar-refractivity contribution >= 4 is 29.1 Å². The molecule has 11 heteroatoms. The summed E-state index contributed by atoms with van der Waals surface area (Å²) in [5.41, 5.74) is -0.0209. The second-order valence-corrected chi connectivity index (χ2v) is 9.54. The summed E-state index contributed by atoms with van der Waals surface area (Å²) in [6.45, 7) is 2.70. The molecule has 1 saturated carbocycles. The number of fused-ring (bicyclic) bond motifs is 1. The molecule has 0 radical (unpaired) electrons. The molecule has 5 rings (SSSR count). The van der Waals surface area contributed by atoms with Crippen molar-refractivity contribution in [2.24, 2.45) is 0 Å². The number of aromatic nitrogens is 1. The SMILES string of the molecule is COc1c(C2CCCN(N3CCCC3)C2)c(F)cc2c(=O)c(C(=O)C[N+](=O)[O-])cn(C3CC3)c12.Cl. The fourth-order valence-electron chi connectivity index (χ4n) is 5.53. The standard InChI is InChI=1S/C24H29FN4O5.ClH/c1-34-24-21(15-5-4-10-27(12-15)26-8-2-3-9-26)19(25)11-17-22(24)28(16-6-7-16)13-18(23(17)31)20(30)14-29(32)33;/h11,13,15-16H,2-10,12,14H2,1H3;1H. The van der Waals surface area contributed by atoms with Crippen LogP contribution in [0.15, 0.2) is 17.1 Å². The van der Waals surface area contributed by atoms with Gasteiger partial charge in [-0.15, -0.1) is 12.4 Å². The van der Waals surface area contributed by atoms with E-state index in [-0.39, 0.29) is 35.3 Å². The summed E-state index contributed by atoms with van der Waals surface area (Å²) in [5, 5.41) is 15.6. The smallest absolute Gasteiger partial charge is 0.266 e. The van der Waals surface area contributed by atoms with Crippen LogP contribution in [0, 0.1) is 15.9 Å². The van der Waals surface area contributed by atoms with E-state index in [9.17, 15) is 19.7 Å². The number of halogens is 2. The Morgan fingerprint density at radius 1 is 1.17 bits per heavy atom. The van der Waals surface area contributed by atoms with Gasteiger partial charge in [-0.1, -0.05) is 0 Å². The van der Waals surface area contributed by atoms with Crippen LogP contribution >= 0.6 is 12.4 Å². The largest absolute Gasteiger partial charge is 0.494 e. The highest BCUT2D eigenvalue weighted by Gasteiger charge is 2.34. The third-order valence-electron chi connectivity index (χ3n) is 7.27. The number of hydrogen-bond acceptors (Lipinski definition) is 7. The number of carbonyl (C=O) groups is 1. The lowest BCUT2D eigenvalue weighted by Crippen LogP contribution is -2.46. The van der Waals surface area contributed by atoms with Crippen LogP contribution in [0.5, 0.6) is 5.75 Å². The molecular weight excluding hydrogens is 479 g/mol. The average molecular weight is 509 g/mol. The van der Waals surface area contributed by atoms with E-state index in [0.717, 1.165) is 45.3 Å². The van der Waals surface area contributed by atoms with Crippen molar-refractivity contribution in [3.8, 4) is 5.75 Å². The Morgan fingerprint density at radius 2 is 1.86 bits per heavy atom. The average Bonchev–Trinajstić information content (AvgIpc) is 3.51. The number of Topliss-reactive ketones (excluding diaryl/α,β-unsaturated/α-hetero) is 1. The van der Waals surface area contributed by atoms with E-state index in [1.54, 1.807) is 4.57 Å². The van der Waals surface area contributed by atoms with Crippen molar-refractivity contribution in [3.05, 3.63) is 49.5 Å². The number of piperidine rings is 1. The number of carbonyl (C=O) groups excluding carboxylic acids is 1. The second-order valence-electron chi connectivity index (χ2n) is 9.54. The van der Waals surface area contributed by atoms with E-state index >= 15 is 4.39 Å². The van der Waals surface area contributed by atoms with Crippen molar-refractivity contribution in [2.75, 3.05) is 39.8 Å². The lowest BCUT2D eigenvalue weighted by molar-refractivity contribution is -0.465. The molecule has 1 aromatic heterocycles. The van der Waals surface area contributed by atoms with Crippen molar-refractivity contribution in [1.82, 2.24) is 14.6 Å². The lowest BCUT2D eigenvalue weighted by Gasteiger charge is -2.39. The van der Waals surface area contributed by atoms with E-state index < -0.39 is 28.5 Å². The van der Waals surface area contributed by atoms with Gasteiger partial charge in [0.2, 0.25) is 11.2 Å². The predicted octanol–water partition coefficient (Wildman–Crippen LogP) is 3.56. The van der Waals surface area contributed by atoms with Crippen LogP contribution in [0.4, 0.5) is 4.39 Å². The van der Waals surface area contributed by atoms with E-state index in [2.05, 4.69) is 10.0 Å². The maximum Gasteiger partial charge on any atom is 0.266 e. The molecule has 1 unspecified atom stereocenters. The molecule has 3 heterocycles. The van der Waals surface area contributed by atoms with Gasteiger partial charge in [-0.3, -0.25) is 19.7 Å². The summed E-state index contributed by atoms with van der Waals surface area (Å²) in [5.74, 6) is -1.16. The highest BCUT2D eigenvalue weighted by Crippen LogP contribution is 2.44. The molecule has 0 spiro atoms. The fraction of sp³-hybridized carbons (Fsp3) is 0.583. The van der Waals surface area contributed by atoms with Gasteiger partial charge in [0.25, 0.3) is 6.54 Å². The zero-order valence-corrected chi connectivity index (χ0v) is 20.5. The highest BCUT2D eigenvalue weighted by molar-refractivity contribution is 6.00. The van der Waals surface area contributed by atoms with Crippen LogP contribution in [0.25, 0.3) is 10.9 Å². The Balaban J connectivity index is 0.00000289. The number of hydrogen-bond donors (Lipinski definition) is 0. The molecule has 3 aliphatic rings. The number of benzene rings is 1. The maximum absolute atomic E-state index is 15.7. The Hall–Kier alpha value is -2.56. The zero-order chi connectivity index (χ0) is 24.0. The molecule has 1 aromatic carbocycles. The molecule has 1 aliphatic carbocycles. The Labute approximate surface area is 208 Å². The third-order valence-corrected chi connectivity index (χ3v) is 7.27. The summed E-state index contributed by atoms with van der Waals surface area (Å²) >= 11 is 0. The molecule has 0 amide bonds. The topological polar surface area (TPSA) is 97.9 Å². The van der Waals surface area contributed by atoms with E-state index in [1.807, 2.05) is 0 Å². The first-order valence-electron chi connectivity index (χ1n) is 12.0. The van der Waals surface area contributed by atoms with Gasteiger partial charge in [0.15, 0.2) is 0 Å². The summed E-state index contributed by atoms with van der Waals surface area (Å²) in [4.78, 5) is 35.7. The minimum absolute atomic E-state index is 0. The van der Waals surface area contributed by atoms with Crippen molar-refractivity contribution in [3.63, 3.8) is 0 Å². The number of nitrogens with zero attached hydrogens (tertiary/aromatic N) is 4. The highest BCUT2D eigenvalue weighted by atomic mass is 35.5. The summed E-state index contributed by atoms with van der Waals surface area (Å²) in [6.07, 6.45) is 7.20. The molecule has 0 N–H and O–H groups in total. The molecule has 2 saturated heterocycles. The minimum Gasteiger partial charge on any atom is -0.494 e. The van der Waals surface area contributed by atoms with Gasteiger partial charge in [0, 0.05) is 54.8 Å². The summed E-state index contributed by atoms with van der Waals surface area (Å²) in [6, 6.07) is 1.25. The van der Waals surface area contributed by atoms with E-state index in [0.29, 0.717) is 23.4 Å². The maximum atomic E-state index is 15.7. The Morgan fingerprint density at radius 3 is 2.49 bits per heavy atom. The first-order chi connectivity index (χ1) is 16.4. The third kappa shape index (κ3) is 4.79. The molecule has 0 bridgehead atoms. The predicted molar refractivity (Wildman–Crippen MR) is 131 cm³/mol. The normalized spacial score (nSPS) is 21.1. The van der Waals surface area contributed by atoms with Crippen LogP contribution in [0.3, 0.4) is 0 Å². The lowest BCUT2D eigenvalue weighted by atomic mass is 9.88. The number of ether oxygens (including phenoxy) is 1. The van der Waals surface area contributed by atoms with E-state index in [1.165, 1.54) is 32.2 Å². The minimum atomic E-state index is -0.975. The number of ketones is 1. The van der Waals surface area contributed by atoms with E-state index in [4.69, 9.17) is 4.74 Å². The number of nitro groups is 1. The molecule has 3 fully saturated rings. The van der Waals surface area contributed by atoms with Crippen molar-refractivity contribution in [2.45, 2.75) is 50.5 Å². The van der Waals surface area contributed by atoms with Crippen LogP contribution in [-0.4, -0.2) is 65.1 Å². The first kappa shape index (κ1) is 25.5. The Kier molecular flexibility index (Phi) is 7.44. The summed E-state index contributed by atoms with van der Waals surface area (Å²) < 4.78 is 23.2. The zero-order valence-electron chi connectivity index (χ0n) is 19.7. The second kappa shape index (κ2) is 10.2. The molecule has 35 heavy (non-hydrogen) atoms. The van der Waals surface area contributed by atoms with Crippen LogP contribution in [-0.2, 0) is 0 Å². The van der Waals surface area contributed by atoms with Crippen LogP contribution < -0.4 is 10.2 Å². The van der Waals surface area contributed by atoms with Crippen molar-refractivity contribution in [1.29, 1.82) is 0 Å².